The van der Waals surface area contributed by atoms with E-state index in [9.17, 15) is 0 Å². The molecule has 0 spiro atoms. The lowest BCUT2D eigenvalue weighted by Crippen LogP contribution is -2.10. The van der Waals surface area contributed by atoms with Crippen LogP contribution in [-0.2, 0) is 0 Å². The Kier molecular flexibility index (Phi) is 9.53. The van der Waals surface area contributed by atoms with Crippen LogP contribution in [0.5, 0.6) is 0 Å². The van der Waals surface area contributed by atoms with Gasteiger partial charge in [-0.05, 0) is 139 Å². The first-order valence-electron chi connectivity index (χ1n) is 24.3. The molecule has 0 radical (unpaired) electrons. The molecule has 12 aromatic carbocycles. The van der Waals surface area contributed by atoms with Crippen molar-refractivity contribution in [3.8, 4) is 50.2 Å². The van der Waals surface area contributed by atoms with Crippen LogP contribution in [0.3, 0.4) is 0 Å². The molecule has 0 aliphatic carbocycles. The van der Waals surface area contributed by atoms with E-state index < -0.39 is 0 Å². The smallest absolute Gasteiger partial charge is 0.145 e. The molecule has 3 heteroatoms. The molecule has 332 valence electrons. The molecule has 2 aromatic heterocycles. The Hall–Kier alpha value is -9.44. The summed E-state index contributed by atoms with van der Waals surface area (Å²) in [6.07, 6.45) is 0. The largest absolute Gasteiger partial charge is 0.455 e. The highest BCUT2D eigenvalue weighted by atomic mass is 16.3. The summed E-state index contributed by atoms with van der Waals surface area (Å²) in [4.78, 5) is 2.40. The molecule has 0 amide bonds. The molecule has 0 bridgehead atoms. The number of hydrogen-bond acceptors (Lipinski definition) is 2. The number of rotatable bonds is 8. The lowest BCUT2D eigenvalue weighted by molar-refractivity contribution is 0.670. The average Bonchev–Trinajstić information content (AvgIpc) is 4.01. The van der Waals surface area contributed by atoms with Crippen LogP contribution in [0.4, 0.5) is 17.1 Å². The minimum Gasteiger partial charge on any atom is -0.455 e. The first-order valence-corrected chi connectivity index (χ1v) is 24.3. The minimum absolute atomic E-state index is 0.858. The quantitative estimate of drug-likeness (QED) is 0.151. The van der Waals surface area contributed by atoms with Crippen molar-refractivity contribution in [2.75, 3.05) is 4.90 Å². The summed E-state index contributed by atoms with van der Waals surface area (Å²) in [5, 5.41) is 9.50. The van der Waals surface area contributed by atoms with Crippen LogP contribution in [0, 0.1) is 0 Å². The van der Waals surface area contributed by atoms with Crippen molar-refractivity contribution < 1.29 is 4.42 Å². The van der Waals surface area contributed by atoms with Gasteiger partial charge in [-0.2, -0.15) is 0 Å². The fraction of sp³-hybridized carbons (Fsp3) is 0. The highest BCUT2D eigenvalue weighted by molar-refractivity contribution is 6.19. The van der Waals surface area contributed by atoms with Gasteiger partial charge in [-0.15, -0.1) is 0 Å². The van der Waals surface area contributed by atoms with Gasteiger partial charge >= 0.3 is 0 Å². The van der Waals surface area contributed by atoms with E-state index in [0.717, 1.165) is 66.9 Å². The Morgan fingerprint density at radius 3 is 1.70 bits per heavy atom. The second-order valence-electron chi connectivity index (χ2n) is 18.4. The van der Waals surface area contributed by atoms with Crippen molar-refractivity contribution in [2.45, 2.75) is 0 Å². The predicted molar refractivity (Wildman–Crippen MR) is 299 cm³/mol. The third kappa shape index (κ3) is 6.82. The molecular formula is C68H44N2O. The molecule has 0 atom stereocenters. The summed E-state index contributed by atoms with van der Waals surface area (Å²) in [6, 6.07) is 96.6. The van der Waals surface area contributed by atoms with Crippen LogP contribution in [0.25, 0.3) is 115 Å². The zero-order chi connectivity index (χ0) is 46.8. The van der Waals surface area contributed by atoms with Gasteiger partial charge in [-0.1, -0.05) is 188 Å². The van der Waals surface area contributed by atoms with Crippen LogP contribution in [0.1, 0.15) is 0 Å². The van der Waals surface area contributed by atoms with Gasteiger partial charge in [-0.25, -0.2) is 0 Å². The molecule has 0 aliphatic rings. The van der Waals surface area contributed by atoms with E-state index in [4.69, 9.17) is 4.42 Å². The van der Waals surface area contributed by atoms with Gasteiger partial charge in [0.25, 0.3) is 0 Å². The number of benzene rings is 12. The molecule has 2 heterocycles. The van der Waals surface area contributed by atoms with Crippen LogP contribution in [0.2, 0.25) is 0 Å². The second kappa shape index (κ2) is 16.7. The van der Waals surface area contributed by atoms with Crippen LogP contribution < -0.4 is 4.90 Å². The lowest BCUT2D eigenvalue weighted by Gasteiger charge is -2.27. The van der Waals surface area contributed by atoms with E-state index in [2.05, 4.69) is 276 Å². The summed E-state index contributed by atoms with van der Waals surface area (Å²) in [6.45, 7) is 0. The monoisotopic (exact) mass is 904 g/mol. The Morgan fingerprint density at radius 2 is 0.887 bits per heavy atom. The van der Waals surface area contributed by atoms with Gasteiger partial charge in [0.15, 0.2) is 0 Å². The van der Waals surface area contributed by atoms with Crippen LogP contribution >= 0.6 is 0 Å². The van der Waals surface area contributed by atoms with E-state index in [0.29, 0.717) is 0 Å². The fourth-order valence-corrected chi connectivity index (χ4v) is 11.1. The summed E-state index contributed by atoms with van der Waals surface area (Å²) < 4.78 is 9.34. The number of anilines is 3. The number of para-hydroxylation sites is 3. The SMILES string of the molecule is c1ccc(-n2c3ccccc3c3c(-c4ccc(N(c5ccc(-c6cccc(-c7ccc8ccccc8c7)c6)cc5)c5ccc(-c6cccc7ccccc67)c6oc7ccccc7c56)cc4)cccc32)cc1. The molecule has 0 aliphatic heterocycles. The highest BCUT2D eigenvalue weighted by Crippen LogP contribution is 2.48. The summed E-state index contributed by atoms with van der Waals surface area (Å²) in [5.74, 6) is 0. The van der Waals surface area contributed by atoms with Crippen LogP contribution in [-0.4, -0.2) is 4.57 Å². The van der Waals surface area contributed by atoms with Crippen molar-refractivity contribution in [3.05, 3.63) is 267 Å². The van der Waals surface area contributed by atoms with E-state index in [1.165, 1.54) is 65.6 Å². The fourth-order valence-electron chi connectivity index (χ4n) is 11.1. The third-order valence-corrected chi connectivity index (χ3v) is 14.4. The summed E-state index contributed by atoms with van der Waals surface area (Å²) in [5.41, 5.74) is 17.7. The van der Waals surface area contributed by atoms with Gasteiger partial charge in [0.1, 0.15) is 11.2 Å². The predicted octanol–water partition coefficient (Wildman–Crippen LogP) is 19.1. The number of fused-ring (bicyclic) bond motifs is 8. The second-order valence-corrected chi connectivity index (χ2v) is 18.4. The standard InChI is InChI=1S/C68H44N2O/c1-2-21-53(22-3-1)70-62-28-10-8-24-60(62)66-57(26-14-29-63(66)70)48-35-39-55(40-36-48)69(54-37-33-46(34-38-54)50-19-12-20-51(43-50)52-32-31-45-15-4-5-17-49(45)44-52)64-42-41-59(58-27-13-18-47-16-6-7-23-56(47)58)68-67(64)61-25-9-11-30-65(61)71-68/h1-44H. The van der Waals surface area contributed by atoms with Crippen molar-refractivity contribution >= 4 is 82.4 Å². The molecular weight excluding hydrogens is 861 g/mol. The molecule has 0 N–H and O–H groups in total. The van der Waals surface area contributed by atoms with E-state index in [1.807, 2.05) is 0 Å². The van der Waals surface area contributed by atoms with Gasteiger partial charge in [0.05, 0.1) is 22.1 Å². The van der Waals surface area contributed by atoms with Crippen molar-refractivity contribution in [1.82, 2.24) is 4.57 Å². The van der Waals surface area contributed by atoms with Gasteiger partial charge < -0.3 is 13.9 Å². The zero-order valence-electron chi connectivity index (χ0n) is 38.7. The maximum atomic E-state index is 6.96. The van der Waals surface area contributed by atoms with E-state index in [1.54, 1.807) is 0 Å². The van der Waals surface area contributed by atoms with Gasteiger partial charge in [0, 0.05) is 38.8 Å². The highest BCUT2D eigenvalue weighted by Gasteiger charge is 2.24. The molecule has 14 rings (SSSR count). The van der Waals surface area contributed by atoms with E-state index >= 15 is 0 Å². The minimum atomic E-state index is 0.858. The first kappa shape index (κ1) is 40.6. The average molecular weight is 905 g/mol. The van der Waals surface area contributed by atoms with Crippen molar-refractivity contribution in [1.29, 1.82) is 0 Å². The zero-order valence-corrected chi connectivity index (χ0v) is 38.7. The first-order chi connectivity index (χ1) is 35.2. The Morgan fingerprint density at radius 1 is 0.310 bits per heavy atom. The molecule has 0 saturated heterocycles. The van der Waals surface area contributed by atoms with Crippen molar-refractivity contribution in [2.24, 2.45) is 0 Å². The Labute approximate surface area is 411 Å². The maximum Gasteiger partial charge on any atom is 0.145 e. The van der Waals surface area contributed by atoms with Gasteiger partial charge in [-0.3, -0.25) is 0 Å². The van der Waals surface area contributed by atoms with Crippen LogP contribution in [0.15, 0.2) is 271 Å². The molecule has 14 aromatic rings. The number of nitrogens with zero attached hydrogens (tertiary/aromatic N) is 2. The molecule has 0 unspecified atom stereocenters. The molecule has 71 heavy (non-hydrogen) atoms. The molecule has 0 fully saturated rings. The van der Waals surface area contributed by atoms with E-state index in [-0.39, 0.29) is 0 Å². The summed E-state index contributed by atoms with van der Waals surface area (Å²) >= 11 is 0. The molecule has 0 saturated carbocycles. The molecule has 3 nitrogen and oxygen atoms in total. The normalized spacial score (nSPS) is 11.7. The maximum absolute atomic E-state index is 6.96. The Bertz CT molecular complexity index is 4330. The Balaban J connectivity index is 0.932. The lowest BCUT2D eigenvalue weighted by atomic mass is 9.95. The van der Waals surface area contributed by atoms with Crippen molar-refractivity contribution in [3.63, 3.8) is 0 Å². The topological polar surface area (TPSA) is 21.3 Å². The number of furan rings is 1. The van der Waals surface area contributed by atoms with Gasteiger partial charge in [0.2, 0.25) is 0 Å². The summed E-state index contributed by atoms with van der Waals surface area (Å²) in [7, 11) is 0. The number of aromatic nitrogens is 1. The number of hydrogen-bond donors (Lipinski definition) is 0. The third-order valence-electron chi connectivity index (χ3n) is 14.4.